The molecule has 0 atom stereocenters. The summed E-state index contributed by atoms with van der Waals surface area (Å²) in [6.07, 6.45) is 0.472. The molecular weight excluding hydrogens is 465 g/mol. The Labute approximate surface area is 200 Å². The van der Waals surface area contributed by atoms with Gasteiger partial charge in [-0.2, -0.15) is 18.3 Å². The number of aromatic nitrogens is 4. The van der Waals surface area contributed by atoms with E-state index >= 15 is 0 Å². The second kappa shape index (κ2) is 9.65. The molecule has 1 aliphatic rings. The van der Waals surface area contributed by atoms with Crippen molar-refractivity contribution >= 4 is 23.4 Å². The predicted octanol–water partition coefficient (Wildman–Crippen LogP) is 4.05. The number of rotatable bonds is 5. The number of carbonyl (C=O) groups excluding carboxylic acids is 1. The minimum atomic E-state index is -4.46. The number of anilines is 1. The van der Waals surface area contributed by atoms with Crippen LogP contribution in [0, 0.1) is 13.8 Å². The lowest BCUT2D eigenvalue weighted by Gasteiger charge is -2.37. The van der Waals surface area contributed by atoms with Gasteiger partial charge in [0.05, 0.1) is 11.3 Å². The van der Waals surface area contributed by atoms with Gasteiger partial charge in [0.15, 0.2) is 5.16 Å². The Hall–Kier alpha value is -3.08. The van der Waals surface area contributed by atoms with E-state index in [1.165, 1.54) is 17.8 Å². The highest BCUT2D eigenvalue weighted by atomic mass is 32.2. The number of benzene rings is 1. The summed E-state index contributed by atoms with van der Waals surface area (Å²) in [6.45, 7) is 5.92. The van der Waals surface area contributed by atoms with Crippen molar-refractivity contribution in [1.29, 1.82) is 0 Å². The first-order valence-corrected chi connectivity index (χ1v) is 12.0. The van der Waals surface area contributed by atoms with Crippen molar-refractivity contribution < 1.29 is 18.0 Å². The number of alkyl halides is 3. The van der Waals surface area contributed by atoms with E-state index in [9.17, 15) is 18.0 Å². The average molecular weight is 491 g/mol. The van der Waals surface area contributed by atoms with Crippen LogP contribution in [0.25, 0.3) is 11.1 Å². The third-order valence-electron chi connectivity index (χ3n) is 5.81. The molecule has 0 unspecified atom stereocenters. The molecule has 0 bridgehead atoms. The molecule has 0 aliphatic carbocycles. The Morgan fingerprint density at radius 2 is 1.74 bits per heavy atom. The van der Waals surface area contributed by atoms with Gasteiger partial charge in [0, 0.05) is 61.1 Å². The maximum absolute atomic E-state index is 13.4. The van der Waals surface area contributed by atoms with Crippen LogP contribution in [0.2, 0.25) is 0 Å². The number of aryl methyl sites for hydroxylation is 2. The van der Waals surface area contributed by atoms with Gasteiger partial charge in [-0.15, -0.1) is 0 Å². The Kier molecular flexibility index (Phi) is 6.83. The first-order chi connectivity index (χ1) is 16.2. The van der Waals surface area contributed by atoms with Gasteiger partial charge in [-0.25, -0.2) is 9.97 Å². The molecule has 11 heteroatoms. The maximum Gasteiger partial charge on any atom is 0.416 e. The lowest BCUT2D eigenvalue weighted by molar-refractivity contribution is -0.137. The Morgan fingerprint density at radius 3 is 2.29 bits per heavy atom. The Morgan fingerprint density at radius 1 is 1.06 bits per heavy atom. The monoisotopic (exact) mass is 490 g/mol. The van der Waals surface area contributed by atoms with Crippen LogP contribution < -0.4 is 4.90 Å². The fourth-order valence-corrected chi connectivity index (χ4v) is 4.36. The molecule has 3 heterocycles. The number of halogens is 3. The van der Waals surface area contributed by atoms with Crippen molar-refractivity contribution in [2.24, 2.45) is 0 Å². The van der Waals surface area contributed by atoms with Crippen molar-refractivity contribution in [3.05, 3.63) is 53.6 Å². The van der Waals surface area contributed by atoms with Gasteiger partial charge >= 0.3 is 6.18 Å². The zero-order chi connectivity index (χ0) is 24.5. The first kappa shape index (κ1) is 24.1. The van der Waals surface area contributed by atoms with Crippen LogP contribution >= 0.6 is 11.8 Å². The fraction of sp³-hybridized carbons (Fsp3) is 0.391. The number of amides is 1. The van der Waals surface area contributed by atoms with Crippen LogP contribution in [0.4, 0.5) is 18.9 Å². The minimum Gasteiger partial charge on any atom is -0.367 e. The largest absolute Gasteiger partial charge is 0.416 e. The fourth-order valence-electron chi connectivity index (χ4n) is 4.04. The van der Waals surface area contributed by atoms with Gasteiger partial charge in [0.1, 0.15) is 6.54 Å². The second-order valence-corrected chi connectivity index (χ2v) is 8.91. The normalized spacial score (nSPS) is 14.5. The van der Waals surface area contributed by atoms with Gasteiger partial charge in [0.2, 0.25) is 5.91 Å². The summed E-state index contributed by atoms with van der Waals surface area (Å²) in [5.41, 5.74) is 2.66. The van der Waals surface area contributed by atoms with E-state index in [1.54, 1.807) is 22.0 Å². The summed E-state index contributed by atoms with van der Waals surface area (Å²) < 4.78 is 42.0. The van der Waals surface area contributed by atoms with E-state index in [0.717, 1.165) is 23.5 Å². The number of carbonyl (C=O) groups is 1. The highest BCUT2D eigenvalue weighted by Crippen LogP contribution is 2.37. The van der Waals surface area contributed by atoms with E-state index in [0.29, 0.717) is 48.1 Å². The summed E-state index contributed by atoms with van der Waals surface area (Å²) in [5.74, 6) is -0.0282. The number of hydrogen-bond donors (Lipinski definition) is 0. The van der Waals surface area contributed by atoms with Gasteiger partial charge < -0.3 is 9.80 Å². The highest BCUT2D eigenvalue weighted by molar-refractivity contribution is 7.98. The predicted molar refractivity (Wildman–Crippen MR) is 125 cm³/mol. The first-order valence-electron chi connectivity index (χ1n) is 10.8. The summed E-state index contributed by atoms with van der Waals surface area (Å²) in [6, 6.07) is 5.66. The molecule has 1 saturated heterocycles. The third-order valence-corrected chi connectivity index (χ3v) is 6.38. The third kappa shape index (κ3) is 5.19. The SMILES string of the molecule is CSc1ncc(-c2cc(C(F)(F)F)ccc2N2CCN(C(=O)Cn3nc(C)cc3C)CC2)cn1. The van der Waals surface area contributed by atoms with Crippen molar-refractivity contribution in [1.82, 2.24) is 24.6 Å². The van der Waals surface area contributed by atoms with Crippen molar-refractivity contribution in [3.63, 3.8) is 0 Å². The quantitative estimate of drug-likeness (QED) is 0.397. The molecule has 2 aromatic heterocycles. The van der Waals surface area contributed by atoms with E-state index in [-0.39, 0.29) is 12.5 Å². The summed E-state index contributed by atoms with van der Waals surface area (Å²) >= 11 is 1.36. The highest BCUT2D eigenvalue weighted by Gasteiger charge is 2.32. The lowest BCUT2D eigenvalue weighted by Crippen LogP contribution is -2.49. The van der Waals surface area contributed by atoms with Crippen molar-refractivity contribution in [3.8, 4) is 11.1 Å². The Balaban J connectivity index is 1.53. The van der Waals surface area contributed by atoms with Gasteiger partial charge in [-0.1, -0.05) is 11.8 Å². The van der Waals surface area contributed by atoms with E-state index in [2.05, 4.69) is 15.1 Å². The molecule has 0 radical (unpaired) electrons. The minimum absolute atomic E-state index is 0.0282. The molecule has 1 aromatic carbocycles. The van der Waals surface area contributed by atoms with E-state index in [4.69, 9.17) is 0 Å². The number of thioether (sulfide) groups is 1. The molecule has 4 rings (SSSR count). The molecule has 0 spiro atoms. The lowest BCUT2D eigenvalue weighted by atomic mass is 10.0. The number of piperazine rings is 1. The van der Waals surface area contributed by atoms with Crippen LogP contribution in [0.1, 0.15) is 17.0 Å². The smallest absolute Gasteiger partial charge is 0.367 e. The summed E-state index contributed by atoms with van der Waals surface area (Å²) in [7, 11) is 0. The van der Waals surface area contributed by atoms with Gasteiger partial charge in [-0.3, -0.25) is 9.48 Å². The van der Waals surface area contributed by atoms with Crippen molar-refractivity contribution in [2.45, 2.75) is 31.7 Å². The molecular formula is C23H25F3N6OS. The van der Waals surface area contributed by atoms with E-state index in [1.807, 2.05) is 31.1 Å². The van der Waals surface area contributed by atoms with Crippen LogP contribution in [-0.4, -0.2) is 63.0 Å². The van der Waals surface area contributed by atoms with Gasteiger partial charge in [-0.05, 0) is 44.4 Å². The van der Waals surface area contributed by atoms with Crippen LogP contribution in [0.5, 0.6) is 0 Å². The van der Waals surface area contributed by atoms with Crippen LogP contribution in [0.3, 0.4) is 0 Å². The molecule has 180 valence electrons. The molecule has 1 aliphatic heterocycles. The second-order valence-electron chi connectivity index (χ2n) is 8.14. The molecule has 7 nitrogen and oxygen atoms in total. The molecule has 1 fully saturated rings. The molecule has 0 N–H and O–H groups in total. The standard InChI is InChI=1S/C23H25F3N6OS/c1-15-10-16(2)32(29-15)14-21(33)31-8-6-30(7-9-31)20-5-4-18(23(24,25)26)11-19(20)17-12-27-22(34-3)28-13-17/h4-5,10-13H,6-9,14H2,1-3H3. The summed E-state index contributed by atoms with van der Waals surface area (Å²) in [4.78, 5) is 25.0. The number of nitrogens with zero attached hydrogens (tertiary/aromatic N) is 6. The molecule has 3 aromatic rings. The zero-order valence-electron chi connectivity index (χ0n) is 19.1. The molecule has 0 saturated carbocycles. The molecule has 1 amide bonds. The zero-order valence-corrected chi connectivity index (χ0v) is 19.9. The topological polar surface area (TPSA) is 67.2 Å². The van der Waals surface area contributed by atoms with Crippen LogP contribution in [0.15, 0.2) is 41.8 Å². The Bertz CT molecular complexity index is 1170. The summed E-state index contributed by atoms with van der Waals surface area (Å²) in [5, 5.41) is 4.89. The molecule has 34 heavy (non-hydrogen) atoms. The maximum atomic E-state index is 13.4. The van der Waals surface area contributed by atoms with Crippen LogP contribution in [-0.2, 0) is 17.5 Å². The van der Waals surface area contributed by atoms with Crippen molar-refractivity contribution in [2.75, 3.05) is 37.3 Å². The van der Waals surface area contributed by atoms with Gasteiger partial charge in [0.25, 0.3) is 0 Å². The van der Waals surface area contributed by atoms with E-state index < -0.39 is 11.7 Å². The average Bonchev–Trinajstić information content (AvgIpc) is 3.14. The number of hydrogen-bond acceptors (Lipinski definition) is 6.